The summed E-state index contributed by atoms with van der Waals surface area (Å²) in [4.78, 5) is 37.9. The summed E-state index contributed by atoms with van der Waals surface area (Å²) < 4.78 is 5.53. The second kappa shape index (κ2) is 8.62. The molecule has 0 radical (unpaired) electrons. The number of hydrogen-bond donors (Lipinski definition) is 0. The summed E-state index contributed by atoms with van der Waals surface area (Å²) in [6.45, 7) is 2.59. The van der Waals surface area contributed by atoms with E-state index in [1.54, 1.807) is 29.2 Å². The molecule has 5 nitrogen and oxygen atoms in total. The van der Waals surface area contributed by atoms with Gasteiger partial charge in [-0.15, -0.1) is 0 Å². The Morgan fingerprint density at radius 2 is 1.56 bits per heavy atom. The first-order valence-electron chi connectivity index (χ1n) is 9.15. The molecule has 0 aliphatic carbocycles. The molecule has 0 aromatic heterocycles. The smallest absolute Gasteiger partial charge is 0.260 e. The van der Waals surface area contributed by atoms with Crippen LogP contribution in [0.3, 0.4) is 0 Å². The fourth-order valence-electron chi connectivity index (χ4n) is 3.25. The van der Waals surface area contributed by atoms with Crippen molar-refractivity contribution >= 4 is 17.5 Å². The molecule has 1 fully saturated rings. The van der Waals surface area contributed by atoms with Crippen LogP contribution in [0, 0.1) is 5.92 Å². The third kappa shape index (κ3) is 4.82. The molecule has 0 saturated carbocycles. The van der Waals surface area contributed by atoms with E-state index in [1.807, 2.05) is 30.3 Å². The van der Waals surface area contributed by atoms with Crippen molar-refractivity contribution in [2.24, 2.45) is 5.92 Å². The van der Waals surface area contributed by atoms with Gasteiger partial charge in [0.05, 0.1) is 0 Å². The number of carbonyl (C=O) groups excluding carboxylic acids is 3. The maximum Gasteiger partial charge on any atom is 0.260 e. The number of rotatable bonds is 6. The second-order valence-electron chi connectivity index (χ2n) is 6.75. The van der Waals surface area contributed by atoms with Crippen molar-refractivity contribution in [1.82, 2.24) is 4.90 Å². The maximum absolute atomic E-state index is 12.5. The van der Waals surface area contributed by atoms with Crippen molar-refractivity contribution in [2.75, 3.05) is 19.7 Å². The van der Waals surface area contributed by atoms with E-state index in [-0.39, 0.29) is 30.0 Å². The van der Waals surface area contributed by atoms with E-state index < -0.39 is 0 Å². The Morgan fingerprint density at radius 1 is 0.926 bits per heavy atom. The molecular weight excluding hydrogens is 342 g/mol. The van der Waals surface area contributed by atoms with E-state index in [0.717, 1.165) is 5.56 Å². The van der Waals surface area contributed by atoms with Crippen molar-refractivity contribution in [1.29, 1.82) is 0 Å². The summed E-state index contributed by atoms with van der Waals surface area (Å²) in [7, 11) is 0. The molecule has 3 rings (SSSR count). The molecule has 140 valence electrons. The Balaban J connectivity index is 1.47. The van der Waals surface area contributed by atoms with Gasteiger partial charge in [-0.2, -0.15) is 0 Å². The molecule has 0 N–H and O–H groups in total. The fourth-order valence-corrected chi connectivity index (χ4v) is 3.25. The van der Waals surface area contributed by atoms with E-state index in [0.29, 0.717) is 37.2 Å². The van der Waals surface area contributed by atoms with Gasteiger partial charge in [-0.3, -0.25) is 14.4 Å². The highest BCUT2D eigenvalue weighted by Gasteiger charge is 2.27. The predicted molar refractivity (Wildman–Crippen MR) is 102 cm³/mol. The standard InChI is InChI=1S/C22H23NO4/c1-16(24)17-7-9-20(10-8-17)27-15-21(25)23-13-11-19(12-14-23)22(26)18-5-3-2-4-6-18/h2-10,19H,11-15H2,1H3. The number of hydrogen-bond acceptors (Lipinski definition) is 4. The lowest BCUT2D eigenvalue weighted by Crippen LogP contribution is -2.42. The Hall–Kier alpha value is -2.95. The summed E-state index contributed by atoms with van der Waals surface area (Å²) >= 11 is 0. The third-order valence-corrected chi connectivity index (χ3v) is 4.90. The van der Waals surface area contributed by atoms with Crippen LogP contribution in [-0.2, 0) is 4.79 Å². The molecule has 0 unspecified atom stereocenters. The molecule has 0 spiro atoms. The first-order chi connectivity index (χ1) is 13.0. The predicted octanol–water partition coefficient (Wildman–Crippen LogP) is 3.39. The van der Waals surface area contributed by atoms with Gasteiger partial charge in [-0.05, 0) is 44.0 Å². The number of amides is 1. The summed E-state index contributed by atoms with van der Waals surface area (Å²) in [6, 6.07) is 16.1. The van der Waals surface area contributed by atoms with Gasteiger partial charge in [0.15, 0.2) is 18.2 Å². The van der Waals surface area contributed by atoms with Gasteiger partial charge in [0.25, 0.3) is 5.91 Å². The Kier molecular flexibility index (Phi) is 6.01. The van der Waals surface area contributed by atoms with Gasteiger partial charge >= 0.3 is 0 Å². The molecule has 1 aliphatic rings. The van der Waals surface area contributed by atoms with Gasteiger partial charge < -0.3 is 9.64 Å². The van der Waals surface area contributed by atoms with E-state index in [2.05, 4.69) is 0 Å². The summed E-state index contributed by atoms with van der Waals surface area (Å²) in [5.74, 6) is 0.588. The molecule has 2 aromatic rings. The van der Waals surface area contributed by atoms with Crippen molar-refractivity contribution in [2.45, 2.75) is 19.8 Å². The lowest BCUT2D eigenvalue weighted by Gasteiger charge is -2.31. The van der Waals surface area contributed by atoms with Crippen molar-refractivity contribution in [3.8, 4) is 5.75 Å². The molecule has 2 aromatic carbocycles. The van der Waals surface area contributed by atoms with Crippen molar-refractivity contribution < 1.29 is 19.1 Å². The molecule has 1 aliphatic heterocycles. The number of ketones is 2. The summed E-state index contributed by atoms with van der Waals surface area (Å²) in [5, 5.41) is 0. The zero-order valence-corrected chi connectivity index (χ0v) is 15.4. The zero-order valence-electron chi connectivity index (χ0n) is 15.4. The number of benzene rings is 2. The summed E-state index contributed by atoms with van der Waals surface area (Å²) in [6.07, 6.45) is 1.35. The number of nitrogens with zero attached hydrogens (tertiary/aromatic N) is 1. The van der Waals surface area contributed by atoms with Crippen molar-refractivity contribution in [3.63, 3.8) is 0 Å². The van der Waals surface area contributed by atoms with Crippen LogP contribution in [0.2, 0.25) is 0 Å². The fraction of sp³-hybridized carbons (Fsp3) is 0.318. The zero-order chi connectivity index (χ0) is 19.2. The Bertz CT molecular complexity index is 806. The molecule has 27 heavy (non-hydrogen) atoms. The van der Waals surface area contributed by atoms with Crippen LogP contribution in [0.5, 0.6) is 5.75 Å². The molecule has 5 heteroatoms. The lowest BCUT2D eigenvalue weighted by atomic mass is 9.89. The number of carbonyl (C=O) groups is 3. The minimum Gasteiger partial charge on any atom is -0.484 e. The quantitative estimate of drug-likeness (QED) is 0.736. The largest absolute Gasteiger partial charge is 0.484 e. The van der Waals surface area contributed by atoms with E-state index in [9.17, 15) is 14.4 Å². The van der Waals surface area contributed by atoms with Crippen LogP contribution in [0.15, 0.2) is 54.6 Å². The normalized spacial score (nSPS) is 14.6. The SMILES string of the molecule is CC(=O)c1ccc(OCC(=O)N2CCC(C(=O)c3ccccc3)CC2)cc1. The number of ether oxygens (including phenoxy) is 1. The second-order valence-corrected chi connectivity index (χ2v) is 6.75. The average Bonchev–Trinajstić information content (AvgIpc) is 2.72. The van der Waals surface area contributed by atoms with Gasteiger partial charge in [0.1, 0.15) is 5.75 Å². The molecular formula is C22H23NO4. The average molecular weight is 365 g/mol. The highest BCUT2D eigenvalue weighted by atomic mass is 16.5. The monoisotopic (exact) mass is 365 g/mol. The minimum atomic E-state index is -0.0868. The number of Topliss-reactive ketones (excluding diaryl/α,β-unsaturated/α-hetero) is 2. The van der Waals surface area contributed by atoms with Crippen molar-refractivity contribution in [3.05, 3.63) is 65.7 Å². The molecule has 1 amide bonds. The van der Waals surface area contributed by atoms with Gasteiger partial charge in [-0.25, -0.2) is 0 Å². The Morgan fingerprint density at radius 3 is 2.15 bits per heavy atom. The van der Waals surface area contributed by atoms with Crippen LogP contribution >= 0.6 is 0 Å². The van der Waals surface area contributed by atoms with Gasteiger partial charge in [-0.1, -0.05) is 30.3 Å². The van der Waals surface area contributed by atoms with Crippen LogP contribution < -0.4 is 4.74 Å². The van der Waals surface area contributed by atoms with E-state index in [1.165, 1.54) is 6.92 Å². The molecule has 1 heterocycles. The highest BCUT2D eigenvalue weighted by molar-refractivity contribution is 5.98. The van der Waals surface area contributed by atoms with Gasteiger partial charge in [0.2, 0.25) is 0 Å². The maximum atomic E-state index is 12.5. The highest BCUT2D eigenvalue weighted by Crippen LogP contribution is 2.22. The first kappa shape index (κ1) is 18.8. The lowest BCUT2D eigenvalue weighted by molar-refractivity contribution is -0.134. The van der Waals surface area contributed by atoms with Crippen LogP contribution in [0.4, 0.5) is 0 Å². The number of likely N-dealkylation sites (tertiary alicyclic amines) is 1. The van der Waals surface area contributed by atoms with Gasteiger partial charge in [0, 0.05) is 30.1 Å². The van der Waals surface area contributed by atoms with E-state index in [4.69, 9.17) is 4.74 Å². The minimum absolute atomic E-state index is 0.00875. The topological polar surface area (TPSA) is 63.7 Å². The molecule has 1 saturated heterocycles. The first-order valence-corrected chi connectivity index (χ1v) is 9.15. The molecule has 0 bridgehead atoms. The number of piperidine rings is 1. The summed E-state index contributed by atoms with van der Waals surface area (Å²) in [5.41, 5.74) is 1.35. The van der Waals surface area contributed by atoms with Crippen LogP contribution in [0.1, 0.15) is 40.5 Å². The van der Waals surface area contributed by atoms with E-state index >= 15 is 0 Å². The van der Waals surface area contributed by atoms with Crippen LogP contribution in [-0.4, -0.2) is 42.1 Å². The van der Waals surface area contributed by atoms with Crippen LogP contribution in [0.25, 0.3) is 0 Å². The Labute approximate surface area is 158 Å². The third-order valence-electron chi connectivity index (χ3n) is 4.90. The molecule has 0 atom stereocenters.